The summed E-state index contributed by atoms with van der Waals surface area (Å²) >= 11 is 0. The maximum absolute atomic E-state index is 12.2. The predicted molar refractivity (Wildman–Crippen MR) is 74.5 cm³/mol. The van der Waals surface area contributed by atoms with Crippen molar-refractivity contribution in [3.05, 3.63) is 35.4 Å². The molecule has 4 heteroatoms. The highest BCUT2D eigenvalue weighted by atomic mass is 16.3. The van der Waals surface area contributed by atoms with E-state index in [4.69, 9.17) is 5.73 Å². The second-order valence-corrected chi connectivity index (χ2v) is 5.56. The summed E-state index contributed by atoms with van der Waals surface area (Å²) in [4.78, 5) is 13.8. The van der Waals surface area contributed by atoms with Crippen LogP contribution in [0.3, 0.4) is 0 Å². The van der Waals surface area contributed by atoms with Crippen LogP contribution in [-0.2, 0) is 4.79 Å². The van der Waals surface area contributed by atoms with Gasteiger partial charge in [0, 0.05) is 0 Å². The first kappa shape index (κ1) is 14.0. The molecule has 0 aliphatic carbocycles. The van der Waals surface area contributed by atoms with Crippen LogP contribution in [0.2, 0.25) is 0 Å². The summed E-state index contributed by atoms with van der Waals surface area (Å²) in [6.45, 7) is 4.83. The lowest BCUT2D eigenvalue weighted by Gasteiger charge is -2.47. The minimum atomic E-state index is -0.697. The van der Waals surface area contributed by atoms with Crippen molar-refractivity contribution in [3.8, 4) is 0 Å². The van der Waals surface area contributed by atoms with Gasteiger partial charge in [-0.25, -0.2) is 0 Å². The number of likely N-dealkylation sites (tertiary alicyclic amines) is 1. The molecule has 1 aromatic rings. The third-order valence-electron chi connectivity index (χ3n) is 3.70. The maximum Gasteiger partial charge on any atom is 0.244 e. The van der Waals surface area contributed by atoms with Gasteiger partial charge in [-0.1, -0.05) is 43.2 Å². The van der Waals surface area contributed by atoms with Crippen molar-refractivity contribution in [2.75, 3.05) is 13.1 Å². The lowest BCUT2D eigenvalue weighted by Crippen LogP contribution is -2.64. The number of carbonyl (C=O) groups is 1. The van der Waals surface area contributed by atoms with E-state index in [1.54, 1.807) is 4.90 Å². The van der Waals surface area contributed by atoms with Crippen LogP contribution >= 0.6 is 0 Å². The second kappa shape index (κ2) is 5.31. The molecule has 1 fully saturated rings. The normalized spacial score (nSPS) is 18.8. The van der Waals surface area contributed by atoms with E-state index in [9.17, 15) is 9.90 Å². The van der Waals surface area contributed by atoms with Gasteiger partial charge in [0.05, 0.1) is 18.7 Å². The van der Waals surface area contributed by atoms with Gasteiger partial charge in [0.2, 0.25) is 5.91 Å². The molecule has 0 radical (unpaired) electrons. The summed E-state index contributed by atoms with van der Waals surface area (Å²) in [5.41, 5.74) is 7.26. The van der Waals surface area contributed by atoms with E-state index in [1.807, 2.05) is 38.1 Å². The van der Waals surface area contributed by atoms with Crippen LogP contribution in [0.5, 0.6) is 0 Å². The van der Waals surface area contributed by atoms with Crippen LogP contribution in [0.15, 0.2) is 24.3 Å². The fraction of sp³-hybridized carbons (Fsp3) is 0.533. The quantitative estimate of drug-likeness (QED) is 0.861. The molecule has 1 atom stereocenters. The molecular weight excluding hydrogens is 240 g/mol. The molecule has 1 amide bonds. The van der Waals surface area contributed by atoms with Crippen molar-refractivity contribution in [2.45, 2.75) is 38.3 Å². The summed E-state index contributed by atoms with van der Waals surface area (Å²) in [7, 11) is 0. The van der Waals surface area contributed by atoms with Crippen LogP contribution in [0.4, 0.5) is 0 Å². The number of aryl methyl sites for hydroxylation is 1. The van der Waals surface area contributed by atoms with E-state index in [0.29, 0.717) is 13.1 Å². The summed E-state index contributed by atoms with van der Waals surface area (Å²) in [5, 5.41) is 10.1. The second-order valence-electron chi connectivity index (χ2n) is 5.56. The van der Waals surface area contributed by atoms with Gasteiger partial charge >= 0.3 is 0 Å². The number of β-amino-alcohol motifs (C(OH)–C–C–N with tert-alkyl or cyclic N) is 1. The Morgan fingerprint density at radius 3 is 2.53 bits per heavy atom. The Bertz CT molecular complexity index is 450. The summed E-state index contributed by atoms with van der Waals surface area (Å²) in [5.74, 6) is -0.107. The van der Waals surface area contributed by atoms with Crippen molar-refractivity contribution in [1.82, 2.24) is 4.90 Å². The van der Waals surface area contributed by atoms with E-state index in [1.165, 1.54) is 0 Å². The topological polar surface area (TPSA) is 66.6 Å². The average molecular weight is 262 g/mol. The van der Waals surface area contributed by atoms with Crippen molar-refractivity contribution in [3.63, 3.8) is 0 Å². The van der Waals surface area contributed by atoms with Crippen molar-refractivity contribution >= 4 is 5.91 Å². The Balaban J connectivity index is 1.96. The Morgan fingerprint density at radius 2 is 2.00 bits per heavy atom. The molecule has 1 aliphatic rings. The van der Waals surface area contributed by atoms with Gasteiger partial charge < -0.3 is 15.7 Å². The minimum Gasteiger partial charge on any atom is -0.386 e. The number of hydrogen-bond donors (Lipinski definition) is 2. The number of carbonyl (C=O) groups excluding carboxylic acids is 1. The summed E-state index contributed by atoms with van der Waals surface area (Å²) < 4.78 is 0. The molecule has 0 bridgehead atoms. The molecular formula is C15H22N2O2. The van der Waals surface area contributed by atoms with Gasteiger partial charge in [-0.05, 0) is 18.9 Å². The average Bonchev–Trinajstić information content (AvgIpc) is 2.35. The molecule has 1 heterocycles. The van der Waals surface area contributed by atoms with E-state index in [2.05, 4.69) is 0 Å². The zero-order chi connectivity index (χ0) is 14.0. The van der Waals surface area contributed by atoms with Crippen molar-refractivity contribution in [2.24, 2.45) is 5.73 Å². The van der Waals surface area contributed by atoms with Gasteiger partial charge in [-0.3, -0.25) is 4.79 Å². The molecule has 4 nitrogen and oxygen atoms in total. The number of rotatable bonds is 4. The fourth-order valence-corrected chi connectivity index (χ4v) is 2.56. The fourth-order valence-electron chi connectivity index (χ4n) is 2.56. The zero-order valence-corrected chi connectivity index (χ0v) is 11.6. The molecule has 0 aromatic heterocycles. The molecule has 2 rings (SSSR count). The molecule has 104 valence electrons. The van der Waals surface area contributed by atoms with E-state index in [0.717, 1.165) is 24.0 Å². The highest BCUT2D eigenvalue weighted by Gasteiger charge is 2.43. The van der Waals surface area contributed by atoms with Crippen LogP contribution in [-0.4, -0.2) is 34.6 Å². The number of nitrogens with two attached hydrogens (primary N) is 1. The van der Waals surface area contributed by atoms with E-state index in [-0.39, 0.29) is 5.91 Å². The van der Waals surface area contributed by atoms with Gasteiger partial charge in [0.1, 0.15) is 6.04 Å². The Hall–Kier alpha value is -1.39. The number of nitrogens with zero attached hydrogens (tertiary/aromatic N) is 1. The van der Waals surface area contributed by atoms with Crippen LogP contribution in [0, 0.1) is 6.92 Å². The third-order valence-corrected chi connectivity index (χ3v) is 3.70. The highest BCUT2D eigenvalue weighted by molar-refractivity contribution is 5.84. The molecule has 0 saturated carbocycles. The number of aliphatic hydroxyl groups is 1. The largest absolute Gasteiger partial charge is 0.386 e. The smallest absolute Gasteiger partial charge is 0.244 e. The van der Waals surface area contributed by atoms with Crippen LogP contribution in [0.25, 0.3) is 0 Å². The molecule has 1 saturated heterocycles. The predicted octanol–water partition coefficient (Wildman–Crippen LogP) is 1.37. The first-order chi connectivity index (χ1) is 8.95. The number of benzene rings is 1. The van der Waals surface area contributed by atoms with Gasteiger partial charge in [0.25, 0.3) is 0 Å². The molecule has 3 N–H and O–H groups in total. The SMILES string of the molecule is CCCC1(O)CN(C(=O)C(N)c2ccc(C)cc2)C1. The lowest BCUT2D eigenvalue weighted by atomic mass is 9.88. The van der Waals surface area contributed by atoms with Gasteiger partial charge in [-0.15, -0.1) is 0 Å². The molecule has 19 heavy (non-hydrogen) atoms. The maximum atomic E-state index is 12.2. The Kier molecular flexibility index (Phi) is 3.92. The number of amides is 1. The molecule has 1 aliphatic heterocycles. The van der Waals surface area contributed by atoms with Crippen molar-refractivity contribution < 1.29 is 9.90 Å². The van der Waals surface area contributed by atoms with Gasteiger partial charge in [-0.2, -0.15) is 0 Å². The Labute approximate surface area is 114 Å². The Morgan fingerprint density at radius 1 is 1.42 bits per heavy atom. The summed E-state index contributed by atoms with van der Waals surface area (Å²) in [6, 6.07) is 7.04. The van der Waals surface area contributed by atoms with E-state index < -0.39 is 11.6 Å². The standard InChI is InChI=1S/C15H22N2O2/c1-3-8-15(19)9-17(10-15)14(18)13(16)12-6-4-11(2)5-7-12/h4-7,13,19H,3,8-10,16H2,1-2H3. The molecule has 1 aromatic carbocycles. The van der Waals surface area contributed by atoms with Crippen LogP contribution < -0.4 is 5.73 Å². The first-order valence-electron chi connectivity index (χ1n) is 6.78. The molecule has 0 spiro atoms. The van der Waals surface area contributed by atoms with Crippen molar-refractivity contribution in [1.29, 1.82) is 0 Å². The third kappa shape index (κ3) is 2.96. The zero-order valence-electron chi connectivity index (χ0n) is 11.6. The summed E-state index contributed by atoms with van der Waals surface area (Å²) in [6.07, 6.45) is 1.65. The first-order valence-corrected chi connectivity index (χ1v) is 6.78. The van der Waals surface area contributed by atoms with Gasteiger partial charge in [0.15, 0.2) is 0 Å². The highest BCUT2D eigenvalue weighted by Crippen LogP contribution is 2.28. The minimum absolute atomic E-state index is 0.107. The number of hydrogen-bond acceptors (Lipinski definition) is 3. The lowest BCUT2D eigenvalue weighted by molar-refractivity contribution is -0.158. The monoisotopic (exact) mass is 262 g/mol. The molecule has 1 unspecified atom stereocenters. The van der Waals surface area contributed by atoms with Crippen LogP contribution in [0.1, 0.15) is 36.9 Å². The van der Waals surface area contributed by atoms with E-state index >= 15 is 0 Å².